The van der Waals surface area contributed by atoms with Gasteiger partial charge in [-0.3, -0.25) is 4.98 Å². The van der Waals surface area contributed by atoms with Crippen molar-refractivity contribution in [1.82, 2.24) is 19.9 Å². The zero-order chi connectivity index (χ0) is 16.5. The molecule has 5 heteroatoms. The Morgan fingerprint density at radius 1 is 1.12 bits per heavy atom. The summed E-state index contributed by atoms with van der Waals surface area (Å²) in [5.41, 5.74) is 1.86. The monoisotopic (exact) mass is 323 g/mol. The molecule has 0 spiro atoms. The lowest BCUT2D eigenvalue weighted by Gasteiger charge is -2.47. The number of hydrogen-bond acceptors (Lipinski definition) is 5. The second kappa shape index (κ2) is 6.48. The lowest BCUT2D eigenvalue weighted by atomic mass is 9.84. The van der Waals surface area contributed by atoms with Crippen molar-refractivity contribution in [3.8, 4) is 11.5 Å². The van der Waals surface area contributed by atoms with E-state index in [4.69, 9.17) is 4.98 Å². The molecule has 126 valence electrons. The Morgan fingerprint density at radius 3 is 2.88 bits per heavy atom. The lowest BCUT2D eigenvalue weighted by molar-refractivity contribution is 0.154. The van der Waals surface area contributed by atoms with Gasteiger partial charge < -0.3 is 9.80 Å². The normalized spacial score (nSPS) is 24.7. The first-order chi connectivity index (χ1) is 11.7. The fourth-order valence-corrected chi connectivity index (χ4v) is 4.18. The van der Waals surface area contributed by atoms with Gasteiger partial charge in [0.25, 0.3) is 0 Å². The van der Waals surface area contributed by atoms with Crippen LogP contribution in [0, 0.1) is 12.8 Å². The van der Waals surface area contributed by atoms with Crippen molar-refractivity contribution in [3.05, 3.63) is 36.2 Å². The molecule has 0 radical (unpaired) electrons. The number of rotatable bonds is 2. The highest BCUT2D eigenvalue weighted by Crippen LogP contribution is 2.33. The van der Waals surface area contributed by atoms with Crippen molar-refractivity contribution < 1.29 is 0 Å². The molecular formula is C19H25N5. The van der Waals surface area contributed by atoms with Crippen LogP contribution >= 0.6 is 0 Å². The van der Waals surface area contributed by atoms with Gasteiger partial charge in [-0.1, -0.05) is 6.07 Å². The van der Waals surface area contributed by atoms with E-state index < -0.39 is 0 Å². The van der Waals surface area contributed by atoms with Crippen LogP contribution in [0.1, 0.15) is 25.0 Å². The van der Waals surface area contributed by atoms with E-state index in [0.29, 0.717) is 6.04 Å². The molecule has 0 aromatic carbocycles. The van der Waals surface area contributed by atoms with Gasteiger partial charge in [0.1, 0.15) is 11.5 Å². The smallest absolute Gasteiger partial charge is 0.180 e. The average Bonchev–Trinajstić information content (AvgIpc) is 2.61. The zero-order valence-electron chi connectivity index (χ0n) is 14.5. The summed E-state index contributed by atoms with van der Waals surface area (Å²) in [5, 5.41) is 0. The Bertz CT molecular complexity index is 702. The number of nitrogens with zero attached hydrogens (tertiary/aromatic N) is 5. The molecule has 2 saturated heterocycles. The van der Waals surface area contributed by atoms with Gasteiger partial charge in [-0.15, -0.1) is 0 Å². The van der Waals surface area contributed by atoms with Crippen molar-refractivity contribution in [1.29, 1.82) is 0 Å². The van der Waals surface area contributed by atoms with E-state index in [0.717, 1.165) is 35.5 Å². The second-order valence-corrected chi connectivity index (χ2v) is 7.12. The fourth-order valence-electron chi connectivity index (χ4n) is 4.18. The first-order valence-electron chi connectivity index (χ1n) is 8.93. The predicted octanol–water partition coefficient (Wildman–Crippen LogP) is 2.77. The number of piperidine rings is 2. The minimum absolute atomic E-state index is 0.612. The van der Waals surface area contributed by atoms with Crippen LogP contribution in [0.3, 0.4) is 0 Å². The molecule has 2 aliphatic heterocycles. The Labute approximate surface area is 143 Å². The summed E-state index contributed by atoms with van der Waals surface area (Å²) in [4.78, 5) is 18.9. The maximum atomic E-state index is 4.88. The molecule has 2 unspecified atom stereocenters. The van der Waals surface area contributed by atoms with Crippen LogP contribution in [0.2, 0.25) is 0 Å². The molecule has 0 amide bonds. The number of aryl methyl sites for hydroxylation is 1. The van der Waals surface area contributed by atoms with Crippen LogP contribution in [0.4, 0.5) is 5.82 Å². The number of pyridine rings is 1. The van der Waals surface area contributed by atoms with Gasteiger partial charge in [0.15, 0.2) is 5.82 Å². The van der Waals surface area contributed by atoms with Crippen LogP contribution < -0.4 is 4.90 Å². The standard InChI is InChI=1S/C19H25N5/c1-14-12-18(22-19(21-14)16-7-3-4-9-20-16)24-10-5-6-15-13-23(2)11-8-17(15)24/h3-4,7,9,12,15,17H,5-6,8,10-11,13H2,1-2H3. The molecule has 0 saturated carbocycles. The van der Waals surface area contributed by atoms with Crippen molar-refractivity contribution >= 4 is 5.82 Å². The first-order valence-corrected chi connectivity index (χ1v) is 8.93. The Hall–Kier alpha value is -2.01. The molecule has 2 atom stereocenters. The molecule has 0 aliphatic carbocycles. The third-order valence-electron chi connectivity index (χ3n) is 5.30. The molecule has 24 heavy (non-hydrogen) atoms. The summed E-state index contributed by atoms with van der Waals surface area (Å²) in [6.07, 6.45) is 5.61. The number of anilines is 1. The van der Waals surface area contributed by atoms with E-state index in [9.17, 15) is 0 Å². The van der Waals surface area contributed by atoms with Gasteiger partial charge in [-0.05, 0) is 57.8 Å². The highest BCUT2D eigenvalue weighted by atomic mass is 15.3. The quantitative estimate of drug-likeness (QED) is 0.850. The SMILES string of the molecule is Cc1cc(N2CCCC3CN(C)CCC32)nc(-c2ccccn2)n1. The van der Waals surface area contributed by atoms with E-state index >= 15 is 0 Å². The largest absolute Gasteiger partial charge is 0.353 e. The van der Waals surface area contributed by atoms with E-state index in [1.807, 2.05) is 25.1 Å². The summed E-state index contributed by atoms with van der Waals surface area (Å²) in [7, 11) is 2.24. The van der Waals surface area contributed by atoms with E-state index in [-0.39, 0.29) is 0 Å². The van der Waals surface area contributed by atoms with Gasteiger partial charge in [-0.2, -0.15) is 0 Å². The first kappa shape index (κ1) is 15.5. The number of hydrogen-bond donors (Lipinski definition) is 0. The van der Waals surface area contributed by atoms with E-state index in [1.54, 1.807) is 6.20 Å². The minimum Gasteiger partial charge on any atom is -0.353 e. The van der Waals surface area contributed by atoms with Gasteiger partial charge >= 0.3 is 0 Å². The van der Waals surface area contributed by atoms with Crippen molar-refractivity contribution in [2.75, 3.05) is 31.6 Å². The Kier molecular flexibility index (Phi) is 4.19. The van der Waals surface area contributed by atoms with Crippen LogP contribution in [0.25, 0.3) is 11.5 Å². The van der Waals surface area contributed by atoms with Crippen LogP contribution in [-0.2, 0) is 0 Å². The number of fused-ring (bicyclic) bond motifs is 1. The third-order valence-corrected chi connectivity index (χ3v) is 5.30. The molecule has 2 aliphatic rings. The van der Waals surface area contributed by atoms with Gasteiger partial charge in [0, 0.05) is 37.1 Å². The summed E-state index contributed by atoms with van der Waals surface area (Å²) in [6, 6.07) is 8.64. The molecule has 0 N–H and O–H groups in total. The highest BCUT2D eigenvalue weighted by molar-refractivity contribution is 5.54. The highest BCUT2D eigenvalue weighted by Gasteiger charge is 2.35. The van der Waals surface area contributed by atoms with Crippen molar-refractivity contribution in [3.63, 3.8) is 0 Å². The summed E-state index contributed by atoms with van der Waals surface area (Å²) >= 11 is 0. The number of aromatic nitrogens is 3. The van der Waals surface area contributed by atoms with Crippen molar-refractivity contribution in [2.24, 2.45) is 5.92 Å². The van der Waals surface area contributed by atoms with Crippen LogP contribution in [0.5, 0.6) is 0 Å². The summed E-state index contributed by atoms with van der Waals surface area (Å²) < 4.78 is 0. The second-order valence-electron chi connectivity index (χ2n) is 7.12. The fraction of sp³-hybridized carbons (Fsp3) is 0.526. The average molecular weight is 323 g/mol. The van der Waals surface area contributed by atoms with Gasteiger partial charge in [0.2, 0.25) is 0 Å². The predicted molar refractivity (Wildman–Crippen MR) is 96.0 cm³/mol. The molecule has 2 aromatic rings. The van der Waals surface area contributed by atoms with E-state index in [2.05, 4.69) is 32.9 Å². The molecule has 2 fully saturated rings. The van der Waals surface area contributed by atoms with Gasteiger partial charge in [-0.25, -0.2) is 9.97 Å². The molecule has 4 rings (SSSR count). The molecule has 0 bridgehead atoms. The molecule has 2 aromatic heterocycles. The maximum absolute atomic E-state index is 4.88. The number of likely N-dealkylation sites (tertiary alicyclic amines) is 1. The molecular weight excluding hydrogens is 298 g/mol. The van der Waals surface area contributed by atoms with Crippen molar-refractivity contribution in [2.45, 2.75) is 32.2 Å². The minimum atomic E-state index is 0.612. The lowest BCUT2D eigenvalue weighted by Crippen LogP contribution is -2.53. The third kappa shape index (κ3) is 3.00. The van der Waals surface area contributed by atoms with Crippen LogP contribution in [0.15, 0.2) is 30.5 Å². The molecule has 4 heterocycles. The maximum Gasteiger partial charge on any atom is 0.180 e. The Morgan fingerprint density at radius 2 is 2.04 bits per heavy atom. The van der Waals surface area contributed by atoms with Crippen LogP contribution in [-0.4, -0.2) is 52.6 Å². The zero-order valence-corrected chi connectivity index (χ0v) is 14.5. The van der Waals surface area contributed by atoms with E-state index in [1.165, 1.54) is 32.4 Å². The Balaban J connectivity index is 1.67. The molecule has 5 nitrogen and oxygen atoms in total. The topological polar surface area (TPSA) is 45.2 Å². The summed E-state index contributed by atoms with van der Waals surface area (Å²) in [6.45, 7) is 5.53. The van der Waals surface area contributed by atoms with Gasteiger partial charge in [0.05, 0.1) is 0 Å². The summed E-state index contributed by atoms with van der Waals surface area (Å²) in [5.74, 6) is 2.56.